The first-order valence-electron chi connectivity index (χ1n) is 11.6. The van der Waals surface area contributed by atoms with E-state index in [1.54, 1.807) is 13.0 Å². The van der Waals surface area contributed by atoms with E-state index in [-0.39, 0.29) is 27.2 Å². The van der Waals surface area contributed by atoms with Crippen molar-refractivity contribution in [1.82, 2.24) is 15.3 Å². The molecule has 0 saturated heterocycles. The number of aliphatic hydroxyl groups is 1. The summed E-state index contributed by atoms with van der Waals surface area (Å²) < 4.78 is 68.5. The summed E-state index contributed by atoms with van der Waals surface area (Å²) in [6.07, 6.45) is -3.12. The van der Waals surface area contributed by atoms with Crippen molar-refractivity contribution in [2.45, 2.75) is 24.0 Å². The van der Waals surface area contributed by atoms with Crippen molar-refractivity contribution < 1.29 is 36.2 Å². The molecule has 0 spiro atoms. The summed E-state index contributed by atoms with van der Waals surface area (Å²) in [6.45, 7) is 1.13. The molecule has 0 aliphatic heterocycles. The lowest BCUT2D eigenvalue weighted by Gasteiger charge is -2.17. The quantitative estimate of drug-likeness (QED) is 0.226. The van der Waals surface area contributed by atoms with Gasteiger partial charge in [0.15, 0.2) is 9.84 Å². The number of nitrogens with one attached hydrogen (secondary N) is 1. The highest BCUT2D eigenvalue weighted by molar-refractivity contribution is 9.11. The van der Waals surface area contributed by atoms with Crippen molar-refractivity contribution in [2.24, 2.45) is 0 Å². The Morgan fingerprint density at radius 3 is 2.33 bits per heavy atom. The van der Waals surface area contributed by atoms with Crippen molar-refractivity contribution in [3.8, 4) is 22.3 Å². The fourth-order valence-corrected chi connectivity index (χ4v) is 5.78. The number of carbonyl (C=O) groups is 1. The summed E-state index contributed by atoms with van der Waals surface area (Å²) in [4.78, 5) is 21.6. The molecular weight excluding hydrogens is 635 g/mol. The molecule has 210 valence electrons. The standard InChI is InChI=1S/C26H21BrF3N3O5S2/c1-2-40(36,37)19-10-3-15(4-11-19)21(14-34)32-24(35)16-5-12-20(31-13-16)22-23(27)39-25(33-22)38-18-8-6-17(7-9-18)26(28,29)30/h3-13,21,34H,2,14H2,1H3,(H,32,35). The van der Waals surface area contributed by atoms with E-state index in [1.165, 1.54) is 48.7 Å². The molecule has 4 rings (SSSR count). The normalized spacial score (nSPS) is 12.7. The number of amides is 1. The van der Waals surface area contributed by atoms with Crippen LogP contribution in [0.2, 0.25) is 0 Å². The predicted octanol–water partition coefficient (Wildman–Crippen LogP) is 6.04. The first-order chi connectivity index (χ1) is 18.9. The minimum atomic E-state index is -4.45. The third-order valence-corrected chi connectivity index (χ3v) is 9.06. The molecule has 2 N–H and O–H groups in total. The van der Waals surface area contributed by atoms with Gasteiger partial charge in [0.25, 0.3) is 11.1 Å². The molecule has 2 aromatic carbocycles. The van der Waals surface area contributed by atoms with Crippen molar-refractivity contribution in [3.05, 3.63) is 87.3 Å². The molecule has 1 atom stereocenters. The van der Waals surface area contributed by atoms with Crippen LogP contribution >= 0.6 is 27.3 Å². The van der Waals surface area contributed by atoms with Crippen LogP contribution in [0, 0.1) is 0 Å². The van der Waals surface area contributed by atoms with E-state index in [2.05, 4.69) is 31.2 Å². The number of ether oxygens (including phenoxy) is 1. The van der Waals surface area contributed by atoms with Gasteiger partial charge in [-0.2, -0.15) is 18.2 Å². The number of hydrogen-bond acceptors (Lipinski definition) is 8. The summed E-state index contributed by atoms with van der Waals surface area (Å²) >= 11 is 4.50. The summed E-state index contributed by atoms with van der Waals surface area (Å²) in [5.74, 6) is -0.367. The van der Waals surface area contributed by atoms with Gasteiger partial charge in [-0.1, -0.05) is 30.4 Å². The minimum Gasteiger partial charge on any atom is -0.431 e. The molecule has 2 heterocycles. The van der Waals surface area contributed by atoms with Crippen molar-refractivity contribution in [1.29, 1.82) is 0 Å². The Morgan fingerprint density at radius 1 is 1.10 bits per heavy atom. The fraction of sp³-hybridized carbons (Fsp3) is 0.192. The van der Waals surface area contributed by atoms with Gasteiger partial charge >= 0.3 is 6.18 Å². The van der Waals surface area contributed by atoms with Crippen LogP contribution in [0.25, 0.3) is 11.4 Å². The van der Waals surface area contributed by atoms with Gasteiger partial charge in [-0.3, -0.25) is 9.78 Å². The molecule has 8 nitrogen and oxygen atoms in total. The maximum absolute atomic E-state index is 12.8. The number of hydrogen-bond donors (Lipinski definition) is 2. The van der Waals surface area contributed by atoms with E-state index in [0.717, 1.165) is 23.5 Å². The van der Waals surface area contributed by atoms with Gasteiger partial charge in [0, 0.05) is 6.20 Å². The van der Waals surface area contributed by atoms with Crippen LogP contribution in [-0.2, 0) is 16.0 Å². The number of benzene rings is 2. The van der Waals surface area contributed by atoms with E-state index < -0.39 is 40.1 Å². The van der Waals surface area contributed by atoms with Crippen LogP contribution in [0.15, 0.2) is 75.5 Å². The van der Waals surface area contributed by atoms with Gasteiger partial charge in [0.05, 0.1) is 40.1 Å². The second kappa shape index (κ2) is 12.0. The Morgan fingerprint density at radius 2 is 1.77 bits per heavy atom. The molecule has 0 radical (unpaired) electrons. The van der Waals surface area contributed by atoms with Crippen molar-refractivity contribution >= 4 is 43.0 Å². The smallest absolute Gasteiger partial charge is 0.416 e. The second-order valence-electron chi connectivity index (χ2n) is 8.34. The van der Waals surface area contributed by atoms with Gasteiger partial charge in [-0.15, -0.1) is 0 Å². The number of halogens is 4. The topological polar surface area (TPSA) is 118 Å². The third kappa shape index (κ3) is 6.86. The van der Waals surface area contributed by atoms with Crippen molar-refractivity contribution in [3.63, 3.8) is 0 Å². The molecule has 40 heavy (non-hydrogen) atoms. The van der Waals surface area contributed by atoms with E-state index in [0.29, 0.717) is 20.7 Å². The Labute approximate surface area is 239 Å². The maximum Gasteiger partial charge on any atom is 0.416 e. The van der Waals surface area contributed by atoms with E-state index in [9.17, 15) is 31.5 Å². The average Bonchev–Trinajstić information content (AvgIpc) is 3.31. The van der Waals surface area contributed by atoms with Crippen LogP contribution in [0.3, 0.4) is 0 Å². The van der Waals surface area contributed by atoms with Gasteiger partial charge in [0.1, 0.15) is 15.2 Å². The van der Waals surface area contributed by atoms with Crippen LogP contribution < -0.4 is 10.1 Å². The lowest BCUT2D eigenvalue weighted by Crippen LogP contribution is -2.30. The highest BCUT2D eigenvalue weighted by Gasteiger charge is 2.30. The first-order valence-corrected chi connectivity index (χ1v) is 14.9. The van der Waals surface area contributed by atoms with Crippen LogP contribution in [0.1, 0.15) is 34.5 Å². The summed E-state index contributed by atoms with van der Waals surface area (Å²) in [7, 11) is -3.38. The Hall–Kier alpha value is -3.33. The molecular formula is C26H21BrF3N3O5S2. The molecule has 0 aliphatic rings. The number of carbonyl (C=O) groups excluding carboxylic acids is 1. The minimum absolute atomic E-state index is 0.0412. The number of aliphatic hydroxyl groups excluding tert-OH is 1. The maximum atomic E-state index is 12.8. The summed E-state index contributed by atoms with van der Waals surface area (Å²) in [5, 5.41) is 12.7. The van der Waals surface area contributed by atoms with Gasteiger partial charge < -0.3 is 15.2 Å². The SMILES string of the molecule is CCS(=O)(=O)c1ccc(C(CO)NC(=O)c2ccc(-c3nc(Oc4ccc(C(F)(F)F)cc4)sc3Br)nc2)cc1. The van der Waals surface area contributed by atoms with Gasteiger partial charge in [-0.05, 0) is 70.0 Å². The zero-order valence-corrected chi connectivity index (χ0v) is 23.9. The monoisotopic (exact) mass is 655 g/mol. The predicted molar refractivity (Wildman–Crippen MR) is 146 cm³/mol. The molecule has 2 aromatic heterocycles. The van der Waals surface area contributed by atoms with Crippen LogP contribution in [-0.4, -0.2) is 41.8 Å². The zero-order valence-electron chi connectivity index (χ0n) is 20.6. The van der Waals surface area contributed by atoms with E-state index >= 15 is 0 Å². The number of sulfone groups is 1. The molecule has 1 unspecified atom stereocenters. The highest BCUT2D eigenvalue weighted by atomic mass is 79.9. The lowest BCUT2D eigenvalue weighted by atomic mass is 10.1. The molecule has 4 aromatic rings. The number of thiazole rings is 1. The van der Waals surface area contributed by atoms with Gasteiger partial charge in [0.2, 0.25) is 0 Å². The largest absolute Gasteiger partial charge is 0.431 e. The lowest BCUT2D eigenvalue weighted by molar-refractivity contribution is -0.137. The van der Waals surface area contributed by atoms with E-state index in [4.69, 9.17) is 4.74 Å². The first kappa shape index (κ1) is 29.6. The van der Waals surface area contributed by atoms with E-state index in [1.807, 2.05) is 0 Å². The Kier molecular flexibility index (Phi) is 8.93. The van der Waals surface area contributed by atoms with Crippen LogP contribution in [0.5, 0.6) is 10.9 Å². The summed E-state index contributed by atoms with van der Waals surface area (Å²) in [6, 6.07) is 12.5. The number of pyridine rings is 1. The third-order valence-electron chi connectivity index (χ3n) is 5.73. The molecule has 0 fully saturated rings. The molecule has 0 bridgehead atoms. The number of rotatable bonds is 9. The summed E-state index contributed by atoms with van der Waals surface area (Å²) in [5.41, 5.74) is 0.768. The number of alkyl halides is 3. The van der Waals surface area contributed by atoms with Gasteiger partial charge in [-0.25, -0.2) is 8.42 Å². The molecule has 14 heteroatoms. The van der Waals surface area contributed by atoms with Crippen LogP contribution in [0.4, 0.5) is 13.2 Å². The Bertz CT molecular complexity index is 1590. The zero-order chi connectivity index (χ0) is 29.1. The molecule has 1 amide bonds. The number of nitrogens with zero attached hydrogens (tertiary/aromatic N) is 2. The molecule has 0 aliphatic carbocycles. The number of aromatic nitrogens is 2. The van der Waals surface area contributed by atoms with Crippen molar-refractivity contribution in [2.75, 3.05) is 12.4 Å². The second-order valence-corrected chi connectivity index (χ2v) is 12.9. The fourth-order valence-electron chi connectivity index (χ4n) is 3.52. The Balaban J connectivity index is 1.44. The molecule has 0 saturated carbocycles. The highest BCUT2D eigenvalue weighted by Crippen LogP contribution is 2.38. The average molecular weight is 657 g/mol.